The van der Waals surface area contributed by atoms with Crippen molar-refractivity contribution < 1.29 is 5.11 Å². The number of rotatable bonds is 3. The molecular formula is C12H18N2O2. The number of aromatic nitrogens is 2. The quantitative estimate of drug-likeness (QED) is 0.823. The lowest BCUT2D eigenvalue weighted by Gasteiger charge is -2.09. The fourth-order valence-corrected chi connectivity index (χ4v) is 2.37. The summed E-state index contributed by atoms with van der Waals surface area (Å²) < 4.78 is 0. The number of nitrogens with zero attached hydrogens (tertiary/aromatic N) is 1. The summed E-state index contributed by atoms with van der Waals surface area (Å²) >= 11 is 0. The largest absolute Gasteiger partial charge is 0.493 e. The molecule has 0 aromatic carbocycles. The van der Waals surface area contributed by atoms with Gasteiger partial charge in [-0.05, 0) is 19.3 Å². The van der Waals surface area contributed by atoms with Crippen LogP contribution in [0.5, 0.6) is 5.88 Å². The fourth-order valence-electron chi connectivity index (χ4n) is 2.37. The van der Waals surface area contributed by atoms with Gasteiger partial charge in [0.1, 0.15) is 5.82 Å². The van der Waals surface area contributed by atoms with Crippen molar-refractivity contribution in [3.05, 3.63) is 21.7 Å². The Morgan fingerprint density at radius 1 is 1.44 bits per heavy atom. The van der Waals surface area contributed by atoms with E-state index >= 15 is 0 Å². The van der Waals surface area contributed by atoms with Gasteiger partial charge in [-0.25, -0.2) is 0 Å². The van der Waals surface area contributed by atoms with Crippen LogP contribution in [0.4, 0.5) is 0 Å². The second-order valence-corrected chi connectivity index (χ2v) is 4.48. The molecule has 0 bridgehead atoms. The van der Waals surface area contributed by atoms with Crippen LogP contribution in [0.1, 0.15) is 56.3 Å². The molecule has 0 saturated heterocycles. The number of nitrogens with one attached hydrogen (secondary N) is 1. The van der Waals surface area contributed by atoms with E-state index in [2.05, 4.69) is 9.97 Å². The molecule has 1 heterocycles. The highest BCUT2D eigenvalue weighted by Gasteiger charge is 2.21. The Morgan fingerprint density at radius 2 is 2.12 bits per heavy atom. The van der Waals surface area contributed by atoms with E-state index in [4.69, 9.17) is 0 Å². The Balaban J connectivity index is 2.32. The second-order valence-electron chi connectivity index (χ2n) is 4.48. The van der Waals surface area contributed by atoms with Gasteiger partial charge < -0.3 is 10.1 Å². The lowest BCUT2D eigenvalue weighted by Crippen LogP contribution is -2.18. The van der Waals surface area contributed by atoms with Crippen molar-refractivity contribution >= 4 is 0 Å². The maximum atomic E-state index is 11.8. The number of hydrogen-bond acceptors (Lipinski definition) is 3. The van der Waals surface area contributed by atoms with Gasteiger partial charge in [0.05, 0.1) is 5.56 Å². The molecule has 2 rings (SSSR count). The normalized spacial score (nSPS) is 16.8. The van der Waals surface area contributed by atoms with E-state index in [1.807, 2.05) is 6.92 Å². The van der Waals surface area contributed by atoms with Crippen LogP contribution in [-0.2, 0) is 6.42 Å². The van der Waals surface area contributed by atoms with Crippen LogP contribution in [0.2, 0.25) is 0 Å². The summed E-state index contributed by atoms with van der Waals surface area (Å²) in [4.78, 5) is 18.7. The van der Waals surface area contributed by atoms with E-state index in [-0.39, 0.29) is 11.4 Å². The minimum atomic E-state index is -0.170. The Kier molecular flexibility index (Phi) is 3.27. The summed E-state index contributed by atoms with van der Waals surface area (Å²) in [6, 6.07) is 0. The van der Waals surface area contributed by atoms with Crippen LogP contribution in [0, 0.1) is 0 Å². The van der Waals surface area contributed by atoms with Gasteiger partial charge >= 0.3 is 0 Å². The first-order valence-corrected chi connectivity index (χ1v) is 6.04. The van der Waals surface area contributed by atoms with Crippen LogP contribution >= 0.6 is 0 Å². The molecule has 0 amide bonds. The third-order valence-corrected chi connectivity index (χ3v) is 3.25. The van der Waals surface area contributed by atoms with Crippen LogP contribution in [0.3, 0.4) is 0 Å². The Bertz CT molecular complexity index is 420. The van der Waals surface area contributed by atoms with Gasteiger partial charge in [-0.2, -0.15) is 4.98 Å². The van der Waals surface area contributed by atoms with Crippen LogP contribution < -0.4 is 5.56 Å². The number of aromatic amines is 1. The van der Waals surface area contributed by atoms with Gasteiger partial charge in [0, 0.05) is 5.92 Å². The molecule has 1 aromatic heterocycles. The highest BCUT2D eigenvalue weighted by Crippen LogP contribution is 2.32. The molecule has 16 heavy (non-hydrogen) atoms. The molecule has 0 unspecified atom stereocenters. The van der Waals surface area contributed by atoms with Crippen molar-refractivity contribution in [1.29, 1.82) is 0 Å². The second kappa shape index (κ2) is 4.68. The summed E-state index contributed by atoms with van der Waals surface area (Å²) in [5, 5.41) is 9.73. The standard InChI is InChI=1S/C12H18N2O2/c1-2-5-9-11(15)13-10(14-12(9)16)8-6-3-4-7-8/h8H,2-7H2,1H3,(H2,13,14,15,16). The smallest absolute Gasteiger partial charge is 0.257 e. The SMILES string of the molecule is CCCc1c(O)nc(C2CCCC2)[nH]c1=O. The summed E-state index contributed by atoms with van der Waals surface area (Å²) in [5.74, 6) is 0.918. The van der Waals surface area contributed by atoms with Gasteiger partial charge in [-0.15, -0.1) is 0 Å². The Hall–Kier alpha value is -1.32. The molecule has 0 aliphatic heterocycles. The van der Waals surface area contributed by atoms with Gasteiger partial charge in [-0.3, -0.25) is 4.79 Å². The zero-order valence-electron chi connectivity index (χ0n) is 9.62. The van der Waals surface area contributed by atoms with Crippen molar-refractivity contribution in [3.63, 3.8) is 0 Å². The molecule has 0 atom stereocenters. The molecule has 0 spiro atoms. The van der Waals surface area contributed by atoms with E-state index in [1.54, 1.807) is 0 Å². The van der Waals surface area contributed by atoms with Gasteiger partial charge in [0.25, 0.3) is 5.56 Å². The van der Waals surface area contributed by atoms with Crippen LogP contribution in [-0.4, -0.2) is 15.1 Å². The molecule has 1 aromatic rings. The van der Waals surface area contributed by atoms with Crippen molar-refractivity contribution in [2.24, 2.45) is 0 Å². The van der Waals surface area contributed by atoms with E-state index < -0.39 is 0 Å². The number of aromatic hydroxyl groups is 1. The minimum absolute atomic E-state index is 0.0764. The monoisotopic (exact) mass is 222 g/mol. The van der Waals surface area contributed by atoms with Crippen LogP contribution in [0.25, 0.3) is 0 Å². The van der Waals surface area contributed by atoms with Crippen LogP contribution in [0.15, 0.2) is 4.79 Å². The first-order valence-electron chi connectivity index (χ1n) is 6.04. The summed E-state index contributed by atoms with van der Waals surface area (Å²) in [6.07, 6.45) is 5.92. The predicted molar refractivity (Wildman–Crippen MR) is 61.7 cm³/mol. The lowest BCUT2D eigenvalue weighted by atomic mass is 10.1. The number of H-pyrrole nitrogens is 1. The van der Waals surface area contributed by atoms with E-state index in [0.717, 1.165) is 19.3 Å². The average Bonchev–Trinajstić information content (AvgIpc) is 2.76. The zero-order chi connectivity index (χ0) is 11.5. The molecule has 0 radical (unpaired) electrons. The van der Waals surface area contributed by atoms with Gasteiger partial charge in [0.2, 0.25) is 5.88 Å². The van der Waals surface area contributed by atoms with Crippen molar-refractivity contribution in [2.45, 2.75) is 51.4 Å². The summed E-state index contributed by atoms with van der Waals surface area (Å²) in [6.45, 7) is 1.98. The molecule has 1 saturated carbocycles. The first kappa shape index (κ1) is 11.2. The summed E-state index contributed by atoms with van der Waals surface area (Å²) in [7, 11) is 0. The average molecular weight is 222 g/mol. The molecule has 4 heteroatoms. The van der Waals surface area contributed by atoms with Crippen molar-refractivity contribution in [2.75, 3.05) is 0 Å². The molecule has 2 N–H and O–H groups in total. The summed E-state index contributed by atoms with van der Waals surface area (Å²) in [5.41, 5.74) is 0.250. The van der Waals surface area contributed by atoms with E-state index in [0.29, 0.717) is 23.7 Å². The van der Waals surface area contributed by atoms with Crippen molar-refractivity contribution in [3.8, 4) is 5.88 Å². The molecule has 1 aliphatic rings. The zero-order valence-corrected chi connectivity index (χ0v) is 9.62. The predicted octanol–water partition coefficient (Wildman–Crippen LogP) is 2.09. The van der Waals surface area contributed by atoms with E-state index in [9.17, 15) is 9.90 Å². The minimum Gasteiger partial charge on any atom is -0.493 e. The topological polar surface area (TPSA) is 66.0 Å². The lowest BCUT2D eigenvalue weighted by molar-refractivity contribution is 0.435. The molecular weight excluding hydrogens is 204 g/mol. The molecule has 1 aliphatic carbocycles. The highest BCUT2D eigenvalue weighted by atomic mass is 16.3. The fraction of sp³-hybridized carbons (Fsp3) is 0.667. The maximum Gasteiger partial charge on any atom is 0.257 e. The third kappa shape index (κ3) is 2.10. The molecule has 4 nitrogen and oxygen atoms in total. The Labute approximate surface area is 94.7 Å². The van der Waals surface area contributed by atoms with E-state index in [1.165, 1.54) is 12.8 Å². The Morgan fingerprint density at radius 3 is 2.69 bits per heavy atom. The van der Waals surface area contributed by atoms with Gasteiger partial charge in [0.15, 0.2) is 0 Å². The molecule has 88 valence electrons. The highest BCUT2D eigenvalue weighted by molar-refractivity contribution is 5.23. The maximum absolute atomic E-state index is 11.8. The number of hydrogen-bond donors (Lipinski definition) is 2. The first-order chi connectivity index (χ1) is 7.72. The van der Waals surface area contributed by atoms with Crippen molar-refractivity contribution in [1.82, 2.24) is 9.97 Å². The molecule has 1 fully saturated rings. The van der Waals surface area contributed by atoms with Gasteiger partial charge in [-0.1, -0.05) is 26.2 Å². The third-order valence-electron chi connectivity index (χ3n) is 3.25.